The van der Waals surface area contributed by atoms with Gasteiger partial charge in [-0.3, -0.25) is 14.9 Å². The van der Waals surface area contributed by atoms with Gasteiger partial charge in [-0.15, -0.1) is 0 Å². The normalized spacial score (nSPS) is 16.8. The van der Waals surface area contributed by atoms with Gasteiger partial charge >= 0.3 is 0 Å². The number of phenolic OH excluding ortho intramolecular Hbond substituents is 1. The van der Waals surface area contributed by atoms with Crippen molar-refractivity contribution in [2.24, 2.45) is 0 Å². The molecule has 4 rings (SSSR count). The summed E-state index contributed by atoms with van der Waals surface area (Å²) in [5, 5.41) is 12.3. The molecule has 0 bridgehead atoms. The van der Waals surface area contributed by atoms with Gasteiger partial charge in [0.1, 0.15) is 11.3 Å². The van der Waals surface area contributed by atoms with Crippen LogP contribution in [0.4, 0.5) is 0 Å². The highest BCUT2D eigenvalue weighted by molar-refractivity contribution is 6.35. The Labute approximate surface area is 150 Å². The van der Waals surface area contributed by atoms with Gasteiger partial charge < -0.3 is 9.84 Å². The summed E-state index contributed by atoms with van der Waals surface area (Å²) in [5.41, 5.74) is 2.27. The van der Waals surface area contributed by atoms with Gasteiger partial charge in [0.25, 0.3) is 0 Å². The predicted molar refractivity (Wildman–Crippen MR) is 96.9 cm³/mol. The van der Waals surface area contributed by atoms with E-state index in [1.165, 1.54) is 0 Å². The number of pyridine rings is 2. The SMILES string of the molecule is Oc1c(C(c2cccnc2)N2CCOCC2)cc(Cl)c2cccnc12. The third-order valence-corrected chi connectivity index (χ3v) is 4.86. The molecule has 0 saturated carbocycles. The van der Waals surface area contributed by atoms with E-state index in [1.54, 1.807) is 12.4 Å². The Bertz CT molecular complexity index is 882. The second-order valence-corrected chi connectivity index (χ2v) is 6.44. The molecule has 3 aromatic rings. The van der Waals surface area contributed by atoms with Crippen molar-refractivity contribution in [3.63, 3.8) is 0 Å². The van der Waals surface area contributed by atoms with Gasteiger partial charge in [0, 0.05) is 42.6 Å². The van der Waals surface area contributed by atoms with E-state index >= 15 is 0 Å². The molecule has 0 radical (unpaired) electrons. The molecule has 1 aliphatic heterocycles. The standard InChI is InChI=1S/C19H18ClN3O2/c20-16-11-15(19(24)17-14(16)4-2-6-22-17)18(13-3-1-5-21-12-13)23-7-9-25-10-8-23/h1-6,11-12,18,24H,7-10H2. The number of rotatable bonds is 3. The van der Waals surface area contributed by atoms with Crippen LogP contribution in [0.2, 0.25) is 5.02 Å². The number of aromatic nitrogens is 2. The van der Waals surface area contributed by atoms with Crippen LogP contribution in [0.25, 0.3) is 10.9 Å². The van der Waals surface area contributed by atoms with Crippen molar-refractivity contribution in [3.05, 3.63) is 65.1 Å². The molecule has 0 amide bonds. The Kier molecular flexibility index (Phi) is 4.53. The molecule has 1 N–H and O–H groups in total. The lowest BCUT2D eigenvalue weighted by Gasteiger charge is -2.35. The Morgan fingerprint density at radius 2 is 1.96 bits per heavy atom. The summed E-state index contributed by atoms with van der Waals surface area (Å²) in [5.74, 6) is 0.167. The number of morpholine rings is 1. The van der Waals surface area contributed by atoms with E-state index in [2.05, 4.69) is 14.9 Å². The molecule has 3 heterocycles. The number of benzene rings is 1. The van der Waals surface area contributed by atoms with Crippen LogP contribution in [-0.4, -0.2) is 46.3 Å². The Hall–Kier alpha value is -2.21. The van der Waals surface area contributed by atoms with Gasteiger partial charge in [0.05, 0.1) is 24.3 Å². The second-order valence-electron chi connectivity index (χ2n) is 6.03. The van der Waals surface area contributed by atoms with E-state index in [-0.39, 0.29) is 11.8 Å². The maximum Gasteiger partial charge on any atom is 0.147 e. The van der Waals surface area contributed by atoms with E-state index in [0.29, 0.717) is 23.8 Å². The molecule has 1 fully saturated rings. The fraction of sp³-hybridized carbons (Fsp3) is 0.263. The van der Waals surface area contributed by atoms with Crippen molar-refractivity contribution in [3.8, 4) is 5.75 Å². The van der Waals surface area contributed by atoms with E-state index < -0.39 is 0 Å². The summed E-state index contributed by atoms with van der Waals surface area (Å²) < 4.78 is 5.49. The molecule has 0 aliphatic carbocycles. The highest BCUT2D eigenvalue weighted by Gasteiger charge is 2.28. The monoisotopic (exact) mass is 355 g/mol. The van der Waals surface area contributed by atoms with Gasteiger partial charge in [0.2, 0.25) is 0 Å². The van der Waals surface area contributed by atoms with Crippen LogP contribution in [0.3, 0.4) is 0 Å². The zero-order valence-electron chi connectivity index (χ0n) is 13.6. The van der Waals surface area contributed by atoms with Gasteiger partial charge in [0.15, 0.2) is 0 Å². The number of halogens is 1. The quantitative estimate of drug-likeness (QED) is 0.780. The van der Waals surface area contributed by atoms with Crippen LogP contribution < -0.4 is 0 Å². The van der Waals surface area contributed by atoms with Crippen LogP contribution >= 0.6 is 11.6 Å². The van der Waals surface area contributed by atoms with Crippen molar-refractivity contribution < 1.29 is 9.84 Å². The minimum absolute atomic E-state index is 0.151. The van der Waals surface area contributed by atoms with E-state index in [1.807, 2.05) is 36.5 Å². The molecule has 0 spiro atoms. The van der Waals surface area contributed by atoms with Gasteiger partial charge in [-0.25, -0.2) is 0 Å². The van der Waals surface area contributed by atoms with Crippen molar-refractivity contribution in [1.82, 2.24) is 14.9 Å². The van der Waals surface area contributed by atoms with Crippen molar-refractivity contribution in [2.75, 3.05) is 26.3 Å². The number of nitrogens with zero attached hydrogens (tertiary/aromatic N) is 3. The zero-order valence-corrected chi connectivity index (χ0v) is 14.4. The summed E-state index contributed by atoms with van der Waals surface area (Å²) >= 11 is 6.49. The van der Waals surface area contributed by atoms with Crippen molar-refractivity contribution >= 4 is 22.5 Å². The molecule has 1 unspecified atom stereocenters. The molecule has 5 nitrogen and oxygen atoms in total. The number of aromatic hydroxyl groups is 1. The average molecular weight is 356 g/mol. The van der Waals surface area contributed by atoms with Crippen molar-refractivity contribution in [2.45, 2.75) is 6.04 Å². The van der Waals surface area contributed by atoms with Gasteiger partial charge in [-0.1, -0.05) is 17.7 Å². The number of phenols is 1. The first kappa shape index (κ1) is 16.3. The minimum atomic E-state index is -0.151. The molecular formula is C19H18ClN3O2. The first-order valence-electron chi connectivity index (χ1n) is 8.23. The molecule has 1 aliphatic rings. The van der Waals surface area contributed by atoms with Crippen LogP contribution in [0, 0.1) is 0 Å². The van der Waals surface area contributed by atoms with Gasteiger partial charge in [-0.05, 0) is 29.8 Å². The summed E-state index contributed by atoms with van der Waals surface area (Å²) in [4.78, 5) is 10.9. The lowest BCUT2D eigenvalue weighted by atomic mass is 9.95. The lowest BCUT2D eigenvalue weighted by Crippen LogP contribution is -2.39. The Balaban J connectivity index is 1.90. The second kappa shape index (κ2) is 6.96. The van der Waals surface area contributed by atoms with E-state index in [9.17, 15) is 5.11 Å². The molecule has 1 atom stereocenters. The zero-order chi connectivity index (χ0) is 17.2. The smallest absolute Gasteiger partial charge is 0.147 e. The fourth-order valence-corrected chi connectivity index (χ4v) is 3.65. The summed E-state index contributed by atoms with van der Waals surface area (Å²) in [7, 11) is 0. The molecule has 1 aromatic carbocycles. The maximum absolute atomic E-state index is 10.9. The average Bonchev–Trinajstić information content (AvgIpc) is 2.68. The molecule has 1 saturated heterocycles. The summed E-state index contributed by atoms with van der Waals surface area (Å²) in [6.45, 7) is 2.88. The highest BCUT2D eigenvalue weighted by atomic mass is 35.5. The number of hydrogen-bond donors (Lipinski definition) is 1. The maximum atomic E-state index is 10.9. The van der Waals surface area contributed by atoms with E-state index in [0.717, 1.165) is 29.6 Å². The third-order valence-electron chi connectivity index (χ3n) is 4.55. The van der Waals surface area contributed by atoms with Crippen LogP contribution in [0.15, 0.2) is 48.9 Å². The van der Waals surface area contributed by atoms with Crippen LogP contribution in [0.5, 0.6) is 5.75 Å². The Morgan fingerprint density at radius 1 is 1.16 bits per heavy atom. The first-order valence-corrected chi connectivity index (χ1v) is 8.61. The first-order chi connectivity index (χ1) is 12.3. The third kappa shape index (κ3) is 3.06. The predicted octanol–water partition coefficient (Wildman–Crippen LogP) is 3.41. The molecule has 2 aromatic heterocycles. The number of fused-ring (bicyclic) bond motifs is 1. The molecule has 128 valence electrons. The molecule has 6 heteroatoms. The van der Waals surface area contributed by atoms with Crippen LogP contribution in [-0.2, 0) is 4.74 Å². The van der Waals surface area contributed by atoms with Gasteiger partial charge in [-0.2, -0.15) is 0 Å². The topological polar surface area (TPSA) is 58.5 Å². The number of hydrogen-bond acceptors (Lipinski definition) is 5. The van der Waals surface area contributed by atoms with E-state index in [4.69, 9.17) is 16.3 Å². The largest absolute Gasteiger partial charge is 0.505 e. The molecular weight excluding hydrogens is 338 g/mol. The van der Waals surface area contributed by atoms with Crippen molar-refractivity contribution in [1.29, 1.82) is 0 Å². The fourth-order valence-electron chi connectivity index (χ4n) is 3.37. The Morgan fingerprint density at radius 3 is 2.72 bits per heavy atom. The lowest BCUT2D eigenvalue weighted by molar-refractivity contribution is 0.0235. The number of ether oxygens (including phenoxy) is 1. The summed E-state index contributed by atoms with van der Waals surface area (Å²) in [6.07, 6.45) is 5.24. The minimum Gasteiger partial charge on any atom is -0.505 e. The summed E-state index contributed by atoms with van der Waals surface area (Å²) in [6, 6.07) is 9.29. The highest BCUT2D eigenvalue weighted by Crippen LogP contribution is 2.40. The molecule has 25 heavy (non-hydrogen) atoms. The van der Waals surface area contributed by atoms with Crippen LogP contribution in [0.1, 0.15) is 17.2 Å².